The summed E-state index contributed by atoms with van der Waals surface area (Å²) in [6.07, 6.45) is 3.85. The minimum atomic E-state index is -1.31. The first-order chi connectivity index (χ1) is 10.5. The number of carbonyl (C=O) groups is 1. The summed E-state index contributed by atoms with van der Waals surface area (Å²) >= 11 is 10.8. The number of hydrogen-bond acceptors (Lipinski definition) is 3. The van der Waals surface area contributed by atoms with Gasteiger partial charge in [0.2, 0.25) is 0 Å². The minimum Gasteiger partial charge on any atom is -0.386 e. The van der Waals surface area contributed by atoms with Crippen molar-refractivity contribution in [3.05, 3.63) is 48.5 Å². The molecule has 2 atom stereocenters. The molecule has 22 heavy (non-hydrogen) atoms. The van der Waals surface area contributed by atoms with Gasteiger partial charge in [-0.2, -0.15) is 0 Å². The van der Waals surface area contributed by atoms with Gasteiger partial charge in [0, 0.05) is 18.1 Å². The van der Waals surface area contributed by atoms with E-state index in [1.807, 2.05) is 0 Å². The number of imidazole rings is 1. The molecule has 0 unspecified atom stereocenters. The van der Waals surface area contributed by atoms with Crippen LogP contribution in [0.25, 0.3) is 5.69 Å². The van der Waals surface area contributed by atoms with Gasteiger partial charge in [0.15, 0.2) is 4.84 Å². The van der Waals surface area contributed by atoms with Gasteiger partial charge in [-0.15, -0.1) is 0 Å². The maximum atomic E-state index is 13.0. The molecule has 8 heteroatoms. The van der Waals surface area contributed by atoms with E-state index in [9.17, 15) is 14.3 Å². The van der Waals surface area contributed by atoms with Crippen LogP contribution >= 0.6 is 23.2 Å². The summed E-state index contributed by atoms with van der Waals surface area (Å²) in [5.74, 6) is -0.750. The molecule has 0 aliphatic heterocycles. The normalized spacial score (nSPS) is 13.9. The van der Waals surface area contributed by atoms with Crippen LogP contribution < -0.4 is 5.32 Å². The number of carbonyl (C=O) groups excluding carboxylic acids is 1. The summed E-state index contributed by atoms with van der Waals surface area (Å²) in [4.78, 5) is 14.0. The summed E-state index contributed by atoms with van der Waals surface area (Å²) in [5.41, 5.74) is 1.31. The molecule has 2 N–H and O–H groups in total. The SMILES string of the molecule is O=C(N[C@H](CF)[C@H](O)c1ccc(-n2ccnc2)cc1)C(Cl)Cl. The second-order valence-electron chi connectivity index (χ2n) is 4.58. The Morgan fingerprint density at radius 1 is 1.36 bits per heavy atom. The average molecular weight is 346 g/mol. The highest BCUT2D eigenvalue weighted by molar-refractivity contribution is 6.53. The highest BCUT2D eigenvalue weighted by Gasteiger charge is 2.25. The van der Waals surface area contributed by atoms with Crippen molar-refractivity contribution in [1.82, 2.24) is 14.9 Å². The van der Waals surface area contributed by atoms with Crippen LogP contribution in [0.1, 0.15) is 11.7 Å². The molecule has 0 spiro atoms. The topological polar surface area (TPSA) is 67.2 Å². The molecule has 2 aromatic rings. The number of nitrogens with zero attached hydrogens (tertiary/aromatic N) is 2. The Kier molecular flexibility index (Phi) is 5.76. The largest absolute Gasteiger partial charge is 0.386 e. The maximum Gasteiger partial charge on any atom is 0.253 e. The molecule has 1 aromatic heterocycles. The van der Waals surface area contributed by atoms with Gasteiger partial charge in [0.25, 0.3) is 5.91 Å². The fourth-order valence-electron chi connectivity index (χ4n) is 1.94. The fourth-order valence-corrected chi connectivity index (χ4v) is 2.06. The molecule has 1 aromatic carbocycles. The second-order valence-corrected chi connectivity index (χ2v) is 5.67. The number of benzene rings is 1. The van der Waals surface area contributed by atoms with Gasteiger partial charge in [0.1, 0.15) is 12.8 Å². The van der Waals surface area contributed by atoms with Gasteiger partial charge < -0.3 is 15.0 Å². The van der Waals surface area contributed by atoms with Crippen LogP contribution in [0.15, 0.2) is 43.0 Å². The van der Waals surface area contributed by atoms with E-state index < -0.39 is 29.6 Å². The second kappa shape index (κ2) is 7.58. The van der Waals surface area contributed by atoms with Crippen molar-refractivity contribution in [2.75, 3.05) is 6.67 Å². The summed E-state index contributed by atoms with van der Waals surface area (Å²) in [6, 6.07) is 5.68. The van der Waals surface area contributed by atoms with E-state index >= 15 is 0 Å². The molecule has 0 radical (unpaired) electrons. The van der Waals surface area contributed by atoms with Gasteiger partial charge in [-0.05, 0) is 17.7 Å². The summed E-state index contributed by atoms with van der Waals surface area (Å²) in [7, 11) is 0. The molecule has 0 aliphatic rings. The maximum absolute atomic E-state index is 13.0. The molecule has 0 bridgehead atoms. The van der Waals surface area contributed by atoms with Crippen molar-refractivity contribution >= 4 is 29.1 Å². The van der Waals surface area contributed by atoms with Gasteiger partial charge >= 0.3 is 0 Å². The lowest BCUT2D eigenvalue weighted by Gasteiger charge is -2.22. The zero-order valence-electron chi connectivity index (χ0n) is 11.4. The van der Waals surface area contributed by atoms with Crippen LogP contribution in [-0.4, -0.2) is 38.1 Å². The van der Waals surface area contributed by atoms with E-state index in [1.54, 1.807) is 47.6 Å². The zero-order valence-corrected chi connectivity index (χ0v) is 12.9. The zero-order chi connectivity index (χ0) is 16.1. The fraction of sp³-hybridized carbons (Fsp3) is 0.286. The van der Waals surface area contributed by atoms with Crippen molar-refractivity contribution in [3.8, 4) is 5.69 Å². The molecule has 0 fully saturated rings. The Hall–Kier alpha value is -1.63. The number of aromatic nitrogens is 2. The minimum absolute atomic E-state index is 0.465. The molecule has 0 saturated heterocycles. The lowest BCUT2D eigenvalue weighted by Crippen LogP contribution is -2.43. The van der Waals surface area contributed by atoms with E-state index in [0.29, 0.717) is 5.56 Å². The van der Waals surface area contributed by atoms with Crippen molar-refractivity contribution in [2.24, 2.45) is 0 Å². The van der Waals surface area contributed by atoms with Crippen LogP contribution in [0, 0.1) is 0 Å². The first-order valence-corrected chi connectivity index (χ1v) is 7.31. The van der Waals surface area contributed by atoms with Crippen LogP contribution in [0.2, 0.25) is 0 Å². The van der Waals surface area contributed by atoms with Gasteiger partial charge in [-0.3, -0.25) is 4.79 Å². The molecular formula is C14H14Cl2FN3O2. The molecule has 2 rings (SSSR count). The van der Waals surface area contributed by atoms with Crippen molar-refractivity contribution in [2.45, 2.75) is 17.0 Å². The van der Waals surface area contributed by atoms with Gasteiger partial charge in [-0.25, -0.2) is 9.37 Å². The van der Waals surface area contributed by atoms with Crippen LogP contribution in [-0.2, 0) is 4.79 Å². The molecule has 0 aliphatic carbocycles. The number of nitrogens with one attached hydrogen (secondary N) is 1. The van der Waals surface area contributed by atoms with Crippen molar-refractivity contribution in [3.63, 3.8) is 0 Å². The molecular weight excluding hydrogens is 332 g/mol. The van der Waals surface area contributed by atoms with Gasteiger partial charge in [-0.1, -0.05) is 35.3 Å². The molecule has 118 valence electrons. The van der Waals surface area contributed by atoms with E-state index in [1.165, 1.54) is 0 Å². The standard InChI is InChI=1S/C14H14Cl2FN3O2/c15-13(16)14(22)19-11(7-17)12(21)9-1-3-10(4-2-9)20-6-5-18-8-20/h1-6,8,11-13,21H,7H2,(H,19,22)/t11-,12-/m1/s1. The Labute approximate surface area is 136 Å². The predicted molar refractivity (Wildman–Crippen MR) is 81.9 cm³/mol. The Morgan fingerprint density at radius 2 is 2.05 bits per heavy atom. The van der Waals surface area contributed by atoms with Crippen molar-refractivity contribution in [1.29, 1.82) is 0 Å². The molecule has 1 heterocycles. The monoisotopic (exact) mass is 345 g/mol. The smallest absolute Gasteiger partial charge is 0.253 e. The lowest BCUT2D eigenvalue weighted by molar-refractivity contribution is -0.121. The van der Waals surface area contributed by atoms with E-state index in [4.69, 9.17) is 23.2 Å². The molecule has 5 nitrogen and oxygen atoms in total. The van der Waals surface area contributed by atoms with Gasteiger partial charge in [0.05, 0.1) is 12.4 Å². The lowest BCUT2D eigenvalue weighted by atomic mass is 10.0. The number of aliphatic hydroxyl groups excluding tert-OH is 1. The Bertz CT molecular complexity index is 605. The van der Waals surface area contributed by atoms with Crippen LogP contribution in [0.5, 0.6) is 0 Å². The molecule has 0 saturated carbocycles. The third kappa shape index (κ3) is 3.97. The highest BCUT2D eigenvalue weighted by Crippen LogP contribution is 2.20. The number of aliphatic hydroxyl groups is 1. The number of rotatable bonds is 6. The van der Waals surface area contributed by atoms with Crippen LogP contribution in [0.3, 0.4) is 0 Å². The Morgan fingerprint density at radius 3 is 2.55 bits per heavy atom. The van der Waals surface area contributed by atoms with Crippen molar-refractivity contribution < 1.29 is 14.3 Å². The summed E-state index contributed by atoms with van der Waals surface area (Å²) in [5, 5.41) is 12.4. The van der Waals surface area contributed by atoms with E-state index in [0.717, 1.165) is 5.69 Å². The third-order valence-electron chi connectivity index (χ3n) is 3.11. The van der Waals surface area contributed by atoms with E-state index in [2.05, 4.69) is 10.3 Å². The highest BCUT2D eigenvalue weighted by atomic mass is 35.5. The predicted octanol–water partition coefficient (Wildman–Crippen LogP) is 2.16. The first kappa shape index (κ1) is 16.7. The first-order valence-electron chi connectivity index (χ1n) is 6.43. The number of amides is 1. The number of alkyl halides is 3. The average Bonchev–Trinajstić information content (AvgIpc) is 3.06. The molecule has 1 amide bonds. The summed E-state index contributed by atoms with van der Waals surface area (Å²) < 4.78 is 14.8. The summed E-state index contributed by atoms with van der Waals surface area (Å²) in [6.45, 7) is -0.948. The third-order valence-corrected chi connectivity index (χ3v) is 3.51. The van der Waals surface area contributed by atoms with Crippen LogP contribution in [0.4, 0.5) is 4.39 Å². The number of hydrogen-bond donors (Lipinski definition) is 2. The van der Waals surface area contributed by atoms with E-state index in [-0.39, 0.29) is 0 Å². The number of halogens is 3. The Balaban J connectivity index is 2.10. The quantitative estimate of drug-likeness (QED) is 0.788.